The standard InChI is InChI=1S/C10H16S/c1-4-6-7-8-10(3)9-11-5-2/h4,6-8H,3,5,9H2,1-2H3/b6-4-,8-7-. The first kappa shape index (κ1) is 10.6. The van der Waals surface area contributed by atoms with Gasteiger partial charge in [0, 0.05) is 5.75 Å². The Morgan fingerprint density at radius 3 is 2.73 bits per heavy atom. The summed E-state index contributed by atoms with van der Waals surface area (Å²) in [4.78, 5) is 0. The smallest absolute Gasteiger partial charge is 0.0178 e. The molecule has 0 heterocycles. The van der Waals surface area contributed by atoms with Gasteiger partial charge in [0.15, 0.2) is 0 Å². The fourth-order valence-electron chi connectivity index (χ4n) is 0.584. The van der Waals surface area contributed by atoms with Crippen molar-refractivity contribution in [2.75, 3.05) is 11.5 Å². The monoisotopic (exact) mass is 168 g/mol. The van der Waals surface area contributed by atoms with E-state index in [1.54, 1.807) is 0 Å². The van der Waals surface area contributed by atoms with E-state index in [1.165, 1.54) is 5.57 Å². The highest BCUT2D eigenvalue weighted by Gasteiger charge is 1.85. The van der Waals surface area contributed by atoms with Gasteiger partial charge in [0.2, 0.25) is 0 Å². The highest BCUT2D eigenvalue weighted by molar-refractivity contribution is 7.99. The third-order valence-corrected chi connectivity index (χ3v) is 2.11. The number of hydrogen-bond acceptors (Lipinski definition) is 1. The second-order valence-electron chi connectivity index (χ2n) is 2.18. The van der Waals surface area contributed by atoms with Gasteiger partial charge < -0.3 is 0 Å². The summed E-state index contributed by atoms with van der Waals surface area (Å²) in [5, 5.41) is 0. The van der Waals surface area contributed by atoms with Gasteiger partial charge in [-0.2, -0.15) is 11.8 Å². The predicted molar refractivity (Wildman–Crippen MR) is 56.1 cm³/mol. The molecule has 0 nitrogen and oxygen atoms in total. The SMILES string of the molecule is C=C(/C=C\C=C/C)CSCC. The second-order valence-corrected chi connectivity index (χ2v) is 3.45. The second kappa shape index (κ2) is 7.67. The molecule has 0 aromatic heterocycles. The van der Waals surface area contributed by atoms with E-state index in [2.05, 4.69) is 19.6 Å². The van der Waals surface area contributed by atoms with Gasteiger partial charge in [0.05, 0.1) is 0 Å². The fourth-order valence-corrected chi connectivity index (χ4v) is 1.15. The van der Waals surface area contributed by atoms with Crippen molar-refractivity contribution in [2.24, 2.45) is 0 Å². The maximum atomic E-state index is 3.92. The Morgan fingerprint density at radius 2 is 2.18 bits per heavy atom. The van der Waals surface area contributed by atoms with Crippen molar-refractivity contribution in [3.05, 3.63) is 36.5 Å². The largest absolute Gasteiger partial charge is 0.158 e. The van der Waals surface area contributed by atoms with Gasteiger partial charge in [-0.15, -0.1) is 0 Å². The van der Waals surface area contributed by atoms with E-state index in [0.29, 0.717) is 0 Å². The molecule has 0 bridgehead atoms. The molecular formula is C10H16S. The highest BCUT2D eigenvalue weighted by Crippen LogP contribution is 2.06. The summed E-state index contributed by atoms with van der Waals surface area (Å²) in [5.41, 5.74) is 1.19. The Labute approximate surface area is 74.1 Å². The van der Waals surface area contributed by atoms with E-state index in [0.717, 1.165) is 11.5 Å². The molecule has 0 amide bonds. The Balaban J connectivity index is 3.51. The summed E-state index contributed by atoms with van der Waals surface area (Å²) in [6.45, 7) is 8.09. The molecule has 1 heteroatoms. The molecule has 0 spiro atoms. The predicted octanol–water partition coefficient (Wildman–Crippen LogP) is 3.43. The minimum Gasteiger partial charge on any atom is -0.158 e. The van der Waals surface area contributed by atoms with Gasteiger partial charge in [-0.3, -0.25) is 0 Å². The molecule has 0 aromatic carbocycles. The van der Waals surface area contributed by atoms with Crippen LogP contribution < -0.4 is 0 Å². The minimum absolute atomic E-state index is 1.05. The first-order chi connectivity index (χ1) is 5.31. The summed E-state index contributed by atoms with van der Waals surface area (Å²) in [5.74, 6) is 2.21. The van der Waals surface area contributed by atoms with Crippen LogP contribution in [0.1, 0.15) is 13.8 Å². The van der Waals surface area contributed by atoms with Crippen molar-refractivity contribution in [1.29, 1.82) is 0 Å². The van der Waals surface area contributed by atoms with Crippen LogP contribution in [0.3, 0.4) is 0 Å². The Hall–Kier alpha value is -0.430. The summed E-state index contributed by atoms with van der Waals surface area (Å²) in [7, 11) is 0. The van der Waals surface area contributed by atoms with Crippen LogP contribution in [0.5, 0.6) is 0 Å². The zero-order valence-electron chi connectivity index (χ0n) is 7.34. The Bertz CT molecular complexity index is 154. The number of thioether (sulfide) groups is 1. The van der Waals surface area contributed by atoms with Crippen LogP contribution in [0.2, 0.25) is 0 Å². The number of rotatable bonds is 5. The fraction of sp³-hybridized carbons (Fsp3) is 0.400. The third-order valence-electron chi connectivity index (χ3n) is 1.13. The van der Waals surface area contributed by atoms with Gasteiger partial charge in [0.1, 0.15) is 0 Å². The molecule has 0 unspecified atom stereocenters. The molecule has 0 aliphatic heterocycles. The van der Waals surface area contributed by atoms with Crippen molar-refractivity contribution >= 4 is 11.8 Å². The normalized spacial score (nSPS) is 11.5. The molecule has 0 rings (SSSR count). The van der Waals surface area contributed by atoms with Crippen molar-refractivity contribution in [3.63, 3.8) is 0 Å². The van der Waals surface area contributed by atoms with E-state index in [9.17, 15) is 0 Å². The maximum Gasteiger partial charge on any atom is 0.0178 e. The van der Waals surface area contributed by atoms with Gasteiger partial charge >= 0.3 is 0 Å². The minimum atomic E-state index is 1.05. The molecule has 0 saturated heterocycles. The van der Waals surface area contributed by atoms with Gasteiger partial charge in [-0.05, 0) is 18.2 Å². The lowest BCUT2D eigenvalue weighted by Gasteiger charge is -1.95. The van der Waals surface area contributed by atoms with Crippen LogP contribution in [0.4, 0.5) is 0 Å². The third kappa shape index (κ3) is 7.47. The van der Waals surface area contributed by atoms with Crippen molar-refractivity contribution in [2.45, 2.75) is 13.8 Å². The molecule has 0 atom stereocenters. The van der Waals surface area contributed by atoms with Crippen molar-refractivity contribution < 1.29 is 0 Å². The molecular weight excluding hydrogens is 152 g/mol. The molecule has 0 fully saturated rings. The van der Waals surface area contributed by atoms with Crippen LogP contribution in [0, 0.1) is 0 Å². The van der Waals surface area contributed by atoms with Crippen LogP contribution >= 0.6 is 11.8 Å². The van der Waals surface area contributed by atoms with E-state index in [1.807, 2.05) is 36.9 Å². The average molecular weight is 168 g/mol. The topological polar surface area (TPSA) is 0 Å². The zero-order chi connectivity index (χ0) is 8.53. The lowest BCUT2D eigenvalue weighted by molar-refractivity contribution is 1.49. The van der Waals surface area contributed by atoms with Crippen molar-refractivity contribution in [1.82, 2.24) is 0 Å². The molecule has 0 saturated carbocycles. The lowest BCUT2D eigenvalue weighted by atomic mass is 10.3. The molecule has 62 valence electrons. The maximum absolute atomic E-state index is 3.92. The van der Waals surface area contributed by atoms with E-state index in [-0.39, 0.29) is 0 Å². The average Bonchev–Trinajstić information content (AvgIpc) is 2.01. The first-order valence-electron chi connectivity index (χ1n) is 3.86. The van der Waals surface area contributed by atoms with Crippen LogP contribution in [-0.2, 0) is 0 Å². The quantitative estimate of drug-likeness (QED) is 0.567. The van der Waals surface area contributed by atoms with Crippen molar-refractivity contribution in [3.8, 4) is 0 Å². The van der Waals surface area contributed by atoms with E-state index >= 15 is 0 Å². The van der Waals surface area contributed by atoms with E-state index in [4.69, 9.17) is 0 Å². The Morgan fingerprint density at radius 1 is 1.45 bits per heavy atom. The summed E-state index contributed by atoms with van der Waals surface area (Å²) in [6.07, 6.45) is 8.11. The summed E-state index contributed by atoms with van der Waals surface area (Å²) in [6, 6.07) is 0. The molecule has 11 heavy (non-hydrogen) atoms. The van der Waals surface area contributed by atoms with Crippen LogP contribution in [0.15, 0.2) is 36.5 Å². The zero-order valence-corrected chi connectivity index (χ0v) is 8.16. The Kier molecular flexibility index (Phi) is 7.37. The summed E-state index contributed by atoms with van der Waals surface area (Å²) < 4.78 is 0. The number of hydrogen-bond donors (Lipinski definition) is 0. The lowest BCUT2D eigenvalue weighted by Crippen LogP contribution is -1.80. The van der Waals surface area contributed by atoms with Crippen LogP contribution in [-0.4, -0.2) is 11.5 Å². The molecule has 0 N–H and O–H groups in total. The van der Waals surface area contributed by atoms with Gasteiger partial charge in [-0.1, -0.05) is 37.8 Å². The van der Waals surface area contributed by atoms with Gasteiger partial charge in [-0.25, -0.2) is 0 Å². The molecule has 0 aliphatic carbocycles. The molecule has 0 aromatic rings. The first-order valence-corrected chi connectivity index (χ1v) is 5.01. The number of allylic oxidation sites excluding steroid dienone is 4. The van der Waals surface area contributed by atoms with E-state index < -0.39 is 0 Å². The highest BCUT2D eigenvalue weighted by atomic mass is 32.2. The van der Waals surface area contributed by atoms with Gasteiger partial charge in [0.25, 0.3) is 0 Å². The molecule has 0 radical (unpaired) electrons. The van der Waals surface area contributed by atoms with Crippen LogP contribution in [0.25, 0.3) is 0 Å². The summed E-state index contributed by atoms with van der Waals surface area (Å²) >= 11 is 1.90. The molecule has 0 aliphatic rings.